The number of hydrogen-bond donors (Lipinski definition) is 0. The van der Waals surface area contributed by atoms with Gasteiger partial charge >= 0.3 is 14.0 Å². The summed E-state index contributed by atoms with van der Waals surface area (Å²) in [4.78, 5) is 5.45. The van der Waals surface area contributed by atoms with Gasteiger partial charge in [0.05, 0.1) is 22.4 Å². The Labute approximate surface area is 315 Å². The van der Waals surface area contributed by atoms with Crippen LogP contribution in [0.25, 0.3) is 43.6 Å². The van der Waals surface area contributed by atoms with E-state index in [0.29, 0.717) is 0 Å². The van der Waals surface area contributed by atoms with Crippen LogP contribution in [0.15, 0.2) is 146 Å². The van der Waals surface area contributed by atoms with Crippen LogP contribution in [0.2, 0.25) is 0 Å². The van der Waals surface area contributed by atoms with E-state index >= 15 is 0 Å². The third-order valence-corrected chi connectivity index (χ3v) is 13.7. The van der Waals surface area contributed by atoms with E-state index < -0.39 is 0 Å². The van der Waals surface area contributed by atoms with E-state index in [4.69, 9.17) is 0 Å². The first kappa shape index (κ1) is 29.3. The van der Waals surface area contributed by atoms with E-state index in [0.717, 1.165) is 0 Å². The summed E-state index contributed by atoms with van der Waals surface area (Å²) in [5.74, 6) is 0. The van der Waals surface area contributed by atoms with Crippen LogP contribution in [0.5, 0.6) is 0 Å². The quantitative estimate of drug-likeness (QED) is 0.147. The second kappa shape index (κ2) is 9.50. The predicted molar refractivity (Wildman–Crippen MR) is 228 cm³/mol. The van der Waals surface area contributed by atoms with E-state index in [1.807, 2.05) is 0 Å². The molecule has 0 radical (unpaired) electrons. The molecule has 0 saturated heterocycles. The van der Waals surface area contributed by atoms with Gasteiger partial charge in [0.15, 0.2) is 0 Å². The maximum Gasteiger partial charge on any atom is 0.421 e. The Hall–Kier alpha value is -6.13. The Balaban J connectivity index is 1.30. The number of fused-ring (bicyclic) bond motifs is 22. The molecule has 13 rings (SSSR count). The van der Waals surface area contributed by atoms with E-state index in [2.05, 4.69) is 192 Å². The lowest BCUT2D eigenvalue weighted by Gasteiger charge is -2.31. The van der Waals surface area contributed by atoms with Crippen LogP contribution in [-0.4, -0.2) is 22.9 Å². The van der Waals surface area contributed by atoms with E-state index in [1.165, 1.54) is 99.5 Å². The first-order valence-electron chi connectivity index (χ1n) is 19.4. The zero-order valence-electron chi connectivity index (χ0n) is 30.8. The number of anilines is 4. The molecular formula is C48H36B2N4. The molecule has 4 nitrogen and oxygen atoms in total. The molecule has 0 atom stereocenters. The van der Waals surface area contributed by atoms with E-state index in [9.17, 15) is 0 Å². The number of rotatable bonds is 0. The van der Waals surface area contributed by atoms with Crippen molar-refractivity contribution in [2.45, 2.75) is 38.5 Å². The predicted octanol–water partition coefficient (Wildman–Crippen LogP) is 9.97. The first-order chi connectivity index (χ1) is 26.4. The molecule has 0 fully saturated rings. The van der Waals surface area contributed by atoms with Crippen molar-refractivity contribution in [2.24, 2.45) is 0 Å². The van der Waals surface area contributed by atoms with Gasteiger partial charge in [-0.1, -0.05) is 149 Å². The highest BCUT2D eigenvalue weighted by atomic mass is 15.3. The number of hydrogen-bond acceptors (Lipinski definition) is 2. The van der Waals surface area contributed by atoms with Gasteiger partial charge in [-0.25, -0.2) is 0 Å². The summed E-state index contributed by atoms with van der Waals surface area (Å²) in [6, 6.07) is 55.2. The molecule has 9 aromatic rings. The molecule has 0 saturated carbocycles. The van der Waals surface area contributed by atoms with Crippen LogP contribution in [-0.2, 0) is 10.8 Å². The standard InChI is InChI=1S/C48H36B2N4/c1-47(2)31-19-7-11-23-35(31)49-51-37-25-13-5-17-29(37)42-43(51)45(53(49)39-27-15-9-21-33(39)47)41-30-18-6-14-26-38(30)52-44(41)46(42)54-40-28-16-10-22-34(40)48(3,4)32-20-8-12-24-36(32)50(52)54/h5-28H,1-4H3. The van der Waals surface area contributed by atoms with Crippen LogP contribution in [0.4, 0.5) is 22.7 Å². The lowest BCUT2D eigenvalue weighted by molar-refractivity contribution is 0.648. The molecule has 0 aliphatic carbocycles. The van der Waals surface area contributed by atoms with Crippen LogP contribution in [0, 0.1) is 0 Å². The minimum absolute atomic E-state index is 0.0478. The minimum atomic E-state index is -0.195. The zero-order valence-corrected chi connectivity index (χ0v) is 30.8. The zero-order chi connectivity index (χ0) is 35.8. The number of aromatic nitrogens is 2. The van der Waals surface area contributed by atoms with Gasteiger partial charge < -0.3 is 18.6 Å². The highest BCUT2D eigenvalue weighted by Gasteiger charge is 2.53. The number of para-hydroxylation sites is 4. The van der Waals surface area contributed by atoms with Gasteiger partial charge in [-0.05, 0) is 57.4 Å². The lowest BCUT2D eigenvalue weighted by atomic mass is 9.62. The van der Waals surface area contributed by atoms with Gasteiger partial charge in [0, 0.05) is 54.8 Å². The molecule has 4 aliphatic rings. The minimum Gasteiger partial charge on any atom is -0.359 e. The Morgan fingerprint density at radius 1 is 0.389 bits per heavy atom. The molecule has 254 valence electrons. The van der Waals surface area contributed by atoms with Gasteiger partial charge in [0.1, 0.15) is 0 Å². The maximum absolute atomic E-state index is 2.72. The molecule has 54 heavy (non-hydrogen) atoms. The first-order valence-corrected chi connectivity index (χ1v) is 19.4. The van der Waals surface area contributed by atoms with Gasteiger partial charge in [-0.2, -0.15) is 0 Å². The summed E-state index contributed by atoms with van der Waals surface area (Å²) in [7, 11) is 0. The molecule has 0 amide bonds. The molecule has 0 spiro atoms. The molecular weight excluding hydrogens is 654 g/mol. The third kappa shape index (κ3) is 3.13. The van der Waals surface area contributed by atoms with Crippen molar-refractivity contribution in [2.75, 3.05) is 9.62 Å². The molecule has 6 heterocycles. The van der Waals surface area contributed by atoms with Crippen molar-refractivity contribution >= 4 is 91.3 Å². The molecule has 2 aromatic heterocycles. The van der Waals surface area contributed by atoms with Crippen molar-refractivity contribution in [3.05, 3.63) is 168 Å². The summed E-state index contributed by atoms with van der Waals surface area (Å²) in [5.41, 5.74) is 18.2. The fraction of sp³-hybridized carbons (Fsp3) is 0.125. The highest BCUT2D eigenvalue weighted by Crippen LogP contribution is 2.60. The van der Waals surface area contributed by atoms with Crippen molar-refractivity contribution in [3.63, 3.8) is 0 Å². The number of nitrogens with zero attached hydrogens (tertiary/aromatic N) is 4. The summed E-state index contributed by atoms with van der Waals surface area (Å²) in [6.07, 6.45) is 0. The van der Waals surface area contributed by atoms with E-state index in [1.54, 1.807) is 0 Å². The Bertz CT molecular complexity index is 2950. The van der Waals surface area contributed by atoms with Gasteiger partial charge in [-0.3, -0.25) is 0 Å². The van der Waals surface area contributed by atoms with Crippen LogP contribution >= 0.6 is 0 Å². The molecule has 0 N–H and O–H groups in total. The molecule has 0 unspecified atom stereocenters. The molecule has 4 aliphatic heterocycles. The fourth-order valence-electron chi connectivity index (χ4n) is 11.5. The lowest BCUT2D eigenvalue weighted by Crippen LogP contribution is -2.49. The van der Waals surface area contributed by atoms with Gasteiger partial charge in [-0.15, -0.1) is 0 Å². The van der Waals surface area contributed by atoms with Crippen molar-refractivity contribution < 1.29 is 0 Å². The summed E-state index contributed by atoms with van der Waals surface area (Å²) < 4.78 is 5.40. The second-order valence-corrected chi connectivity index (χ2v) is 16.9. The smallest absolute Gasteiger partial charge is 0.359 e. The van der Waals surface area contributed by atoms with Crippen LogP contribution in [0.3, 0.4) is 0 Å². The fourth-order valence-corrected chi connectivity index (χ4v) is 11.5. The molecule has 0 bridgehead atoms. The molecule has 6 heteroatoms. The summed E-state index contributed by atoms with van der Waals surface area (Å²) in [5, 5.41) is 5.31. The second-order valence-electron chi connectivity index (χ2n) is 16.9. The summed E-state index contributed by atoms with van der Waals surface area (Å²) >= 11 is 0. The van der Waals surface area contributed by atoms with E-state index in [-0.39, 0.29) is 24.8 Å². The highest BCUT2D eigenvalue weighted by molar-refractivity contribution is 6.84. The number of benzene rings is 7. The van der Waals surface area contributed by atoms with Crippen molar-refractivity contribution in [3.8, 4) is 0 Å². The van der Waals surface area contributed by atoms with Crippen LogP contribution in [0.1, 0.15) is 49.9 Å². The normalized spacial score (nSPS) is 16.7. The van der Waals surface area contributed by atoms with Crippen molar-refractivity contribution in [1.82, 2.24) is 8.96 Å². The Kier molecular flexibility index (Phi) is 5.16. The van der Waals surface area contributed by atoms with Gasteiger partial charge in [0.25, 0.3) is 0 Å². The Morgan fingerprint density at radius 3 is 1.19 bits per heavy atom. The SMILES string of the molecule is CC1(C)c2ccccc2B2N(c3ccccc31)c1c3c4ccccc4n4c3c(c3c5ccccc5n2c13)N1B4c2ccccc2C(C)(C)c2ccccc21. The summed E-state index contributed by atoms with van der Waals surface area (Å²) in [6.45, 7) is 9.54. The Morgan fingerprint density at radius 2 is 0.741 bits per heavy atom. The maximum atomic E-state index is 2.72. The average Bonchev–Trinajstić information content (AvgIpc) is 3.91. The topological polar surface area (TPSA) is 16.3 Å². The average molecular weight is 690 g/mol. The third-order valence-electron chi connectivity index (χ3n) is 13.7. The van der Waals surface area contributed by atoms with Crippen LogP contribution < -0.4 is 20.5 Å². The van der Waals surface area contributed by atoms with Crippen molar-refractivity contribution in [1.29, 1.82) is 0 Å². The van der Waals surface area contributed by atoms with Gasteiger partial charge in [0.2, 0.25) is 0 Å². The monoisotopic (exact) mass is 690 g/mol. The molecule has 7 aromatic carbocycles. The largest absolute Gasteiger partial charge is 0.421 e.